The highest BCUT2D eigenvalue weighted by atomic mass is 16.5. The Kier molecular flexibility index (Phi) is 9.13. The van der Waals surface area contributed by atoms with Crippen molar-refractivity contribution >= 4 is 17.8 Å². The molecule has 2 atom stereocenters. The number of esters is 1. The predicted octanol–water partition coefficient (Wildman–Crippen LogP) is 3.83. The first-order valence-electron chi connectivity index (χ1n) is 11.5. The minimum absolute atomic E-state index is 0.0541. The van der Waals surface area contributed by atoms with Gasteiger partial charge in [0.25, 0.3) is 0 Å². The van der Waals surface area contributed by atoms with E-state index in [9.17, 15) is 14.4 Å². The Morgan fingerprint density at radius 1 is 1.06 bits per heavy atom. The molecule has 0 unspecified atom stereocenters. The summed E-state index contributed by atoms with van der Waals surface area (Å²) in [7, 11) is 0. The van der Waals surface area contributed by atoms with Crippen molar-refractivity contribution in [1.82, 2.24) is 10.6 Å². The highest BCUT2D eigenvalue weighted by Crippen LogP contribution is 2.23. The molecule has 0 saturated heterocycles. The van der Waals surface area contributed by atoms with Gasteiger partial charge >= 0.3 is 5.97 Å². The van der Waals surface area contributed by atoms with Gasteiger partial charge in [-0.3, -0.25) is 14.4 Å². The van der Waals surface area contributed by atoms with Gasteiger partial charge in [0.1, 0.15) is 6.61 Å². The van der Waals surface area contributed by atoms with Gasteiger partial charge in [-0.2, -0.15) is 0 Å². The maximum absolute atomic E-state index is 12.8. The molecule has 1 saturated carbocycles. The molecule has 2 N–H and O–H groups in total. The molecule has 2 aliphatic rings. The predicted molar refractivity (Wildman–Crippen MR) is 119 cm³/mol. The molecule has 31 heavy (non-hydrogen) atoms. The molecule has 1 heterocycles. The molecule has 1 aromatic carbocycles. The second kappa shape index (κ2) is 12.3. The number of allylic oxidation sites excluding steroid dienone is 2. The van der Waals surface area contributed by atoms with Crippen LogP contribution in [0.1, 0.15) is 69.4 Å². The van der Waals surface area contributed by atoms with Crippen molar-refractivity contribution < 1.29 is 19.1 Å². The lowest BCUT2D eigenvalue weighted by Gasteiger charge is -2.23. The zero-order valence-corrected chi connectivity index (χ0v) is 18.2. The monoisotopic (exact) mass is 426 g/mol. The molecule has 1 aliphatic carbocycles. The largest absolute Gasteiger partial charge is 0.463 e. The van der Waals surface area contributed by atoms with Crippen LogP contribution < -0.4 is 10.6 Å². The molecule has 0 bridgehead atoms. The Bertz CT molecular complexity index is 756. The zero-order valence-electron chi connectivity index (χ0n) is 18.2. The average Bonchev–Trinajstić information content (AvgIpc) is 2.79. The van der Waals surface area contributed by atoms with Crippen molar-refractivity contribution in [1.29, 1.82) is 0 Å². The third kappa shape index (κ3) is 7.85. The average molecular weight is 427 g/mol. The van der Waals surface area contributed by atoms with Crippen LogP contribution in [0.15, 0.2) is 42.5 Å². The van der Waals surface area contributed by atoms with E-state index in [2.05, 4.69) is 10.6 Å². The van der Waals surface area contributed by atoms with Gasteiger partial charge in [0.15, 0.2) is 0 Å². The third-order valence-corrected chi connectivity index (χ3v) is 6.13. The van der Waals surface area contributed by atoms with E-state index in [4.69, 9.17) is 4.74 Å². The molecule has 1 aromatic rings. The molecule has 6 nitrogen and oxygen atoms in total. The molecule has 6 heteroatoms. The van der Waals surface area contributed by atoms with Crippen LogP contribution in [0.25, 0.3) is 0 Å². The van der Waals surface area contributed by atoms with Crippen LogP contribution in [0.5, 0.6) is 0 Å². The van der Waals surface area contributed by atoms with Crippen molar-refractivity contribution in [3.63, 3.8) is 0 Å². The van der Waals surface area contributed by atoms with E-state index < -0.39 is 17.9 Å². The molecule has 168 valence electrons. The Morgan fingerprint density at radius 2 is 1.84 bits per heavy atom. The summed E-state index contributed by atoms with van der Waals surface area (Å²) in [5.74, 6) is -0.534. The summed E-state index contributed by atoms with van der Waals surface area (Å²) in [5, 5.41) is 5.97. The standard InChI is InChI=1S/C25H34N2O4/c28-23-15-9-3-8-14-21(16-24(29)26-17-19-10-4-1-5-11-19)25(30)31-18-22(27-23)20-12-6-2-7-13-20/h2-3,6-8,12-13,19,21-22H,1,4-5,9-11,14-18H2,(H,26,29)(H,27,28)/b8-3+/t21-,22+/m0/s1. The topological polar surface area (TPSA) is 84.5 Å². The first-order valence-corrected chi connectivity index (χ1v) is 11.5. The normalized spacial score (nSPS) is 24.8. The number of hydrogen-bond donors (Lipinski definition) is 2. The van der Waals surface area contributed by atoms with E-state index in [-0.39, 0.29) is 24.8 Å². The van der Waals surface area contributed by atoms with E-state index >= 15 is 0 Å². The maximum Gasteiger partial charge on any atom is 0.309 e. The number of benzene rings is 1. The fourth-order valence-electron chi connectivity index (χ4n) is 4.26. The van der Waals surface area contributed by atoms with Crippen LogP contribution in [0.3, 0.4) is 0 Å². The smallest absolute Gasteiger partial charge is 0.309 e. The number of carbonyl (C=O) groups is 3. The molecule has 0 radical (unpaired) electrons. The van der Waals surface area contributed by atoms with E-state index in [1.807, 2.05) is 42.5 Å². The minimum Gasteiger partial charge on any atom is -0.463 e. The SMILES string of the molecule is O=C(C[C@@H]1C/C=C/CCC(=O)N[C@@H](c2ccccc2)COC1=O)NCC1CCCCC1. The number of nitrogens with one attached hydrogen (secondary N) is 2. The fourth-order valence-corrected chi connectivity index (χ4v) is 4.26. The van der Waals surface area contributed by atoms with Gasteiger partial charge in [-0.15, -0.1) is 0 Å². The quantitative estimate of drug-likeness (QED) is 0.554. The number of carbonyl (C=O) groups excluding carboxylic acids is 3. The molecular formula is C25H34N2O4. The second-order valence-electron chi connectivity index (χ2n) is 8.62. The number of rotatable bonds is 5. The van der Waals surface area contributed by atoms with Crippen LogP contribution in [0, 0.1) is 11.8 Å². The van der Waals surface area contributed by atoms with Gasteiger partial charge in [0, 0.05) is 19.4 Å². The van der Waals surface area contributed by atoms with Gasteiger partial charge in [-0.05, 0) is 37.2 Å². The lowest BCUT2D eigenvalue weighted by molar-refractivity contribution is -0.151. The second-order valence-corrected chi connectivity index (χ2v) is 8.62. The van der Waals surface area contributed by atoms with E-state index in [1.54, 1.807) is 0 Å². The summed E-state index contributed by atoms with van der Waals surface area (Å²) in [4.78, 5) is 37.5. The Balaban J connectivity index is 1.59. The van der Waals surface area contributed by atoms with Gasteiger partial charge in [-0.25, -0.2) is 0 Å². The third-order valence-electron chi connectivity index (χ3n) is 6.13. The number of ether oxygens (including phenoxy) is 1. The number of hydrogen-bond acceptors (Lipinski definition) is 4. The van der Waals surface area contributed by atoms with Crippen LogP contribution >= 0.6 is 0 Å². The molecule has 0 aromatic heterocycles. The van der Waals surface area contributed by atoms with Gasteiger partial charge in [0.2, 0.25) is 11.8 Å². The van der Waals surface area contributed by atoms with E-state index in [0.29, 0.717) is 31.7 Å². The molecule has 0 spiro atoms. The van der Waals surface area contributed by atoms with E-state index in [1.165, 1.54) is 32.1 Å². The van der Waals surface area contributed by atoms with Gasteiger partial charge in [0.05, 0.1) is 12.0 Å². The molecule has 2 amide bonds. The fraction of sp³-hybridized carbons (Fsp3) is 0.560. The zero-order chi connectivity index (χ0) is 21.9. The summed E-state index contributed by atoms with van der Waals surface area (Å²) in [6.45, 7) is 0.747. The Morgan fingerprint density at radius 3 is 2.61 bits per heavy atom. The summed E-state index contributed by atoms with van der Waals surface area (Å²) in [6, 6.07) is 9.09. The molecule has 3 rings (SSSR count). The highest BCUT2D eigenvalue weighted by molar-refractivity contribution is 5.83. The minimum atomic E-state index is -0.519. The van der Waals surface area contributed by atoms with Crippen molar-refractivity contribution in [3.05, 3.63) is 48.0 Å². The lowest BCUT2D eigenvalue weighted by Crippen LogP contribution is -2.35. The number of cyclic esters (lactones) is 1. The summed E-state index contributed by atoms with van der Waals surface area (Å²) in [6.07, 6.45) is 11.4. The van der Waals surface area contributed by atoms with Crippen molar-refractivity contribution in [2.24, 2.45) is 11.8 Å². The molecule has 1 aliphatic heterocycles. The van der Waals surface area contributed by atoms with Crippen LogP contribution in [-0.4, -0.2) is 30.9 Å². The first-order chi connectivity index (χ1) is 15.1. The van der Waals surface area contributed by atoms with Gasteiger partial charge in [-0.1, -0.05) is 61.7 Å². The Hall–Kier alpha value is -2.63. The van der Waals surface area contributed by atoms with Crippen molar-refractivity contribution in [3.8, 4) is 0 Å². The van der Waals surface area contributed by atoms with Crippen molar-refractivity contribution in [2.45, 2.75) is 63.8 Å². The van der Waals surface area contributed by atoms with Gasteiger partial charge < -0.3 is 15.4 Å². The number of amides is 2. The molecule has 1 fully saturated rings. The van der Waals surface area contributed by atoms with E-state index in [0.717, 1.165) is 5.56 Å². The molecular weight excluding hydrogens is 392 g/mol. The Labute approximate surface area is 184 Å². The highest BCUT2D eigenvalue weighted by Gasteiger charge is 2.25. The summed E-state index contributed by atoms with van der Waals surface area (Å²) in [5.41, 5.74) is 0.887. The van der Waals surface area contributed by atoms with Crippen molar-refractivity contribution in [2.75, 3.05) is 13.2 Å². The summed E-state index contributed by atoms with van der Waals surface area (Å²) < 4.78 is 5.57. The first kappa shape index (κ1) is 23.0. The van der Waals surface area contributed by atoms with Crippen LogP contribution in [0.4, 0.5) is 0 Å². The maximum atomic E-state index is 12.8. The lowest BCUT2D eigenvalue weighted by atomic mass is 9.89. The van der Waals surface area contributed by atoms with Crippen LogP contribution in [0.2, 0.25) is 0 Å². The summed E-state index contributed by atoms with van der Waals surface area (Å²) >= 11 is 0. The van der Waals surface area contributed by atoms with Crippen LogP contribution in [-0.2, 0) is 19.1 Å².